The molecule has 0 aliphatic rings. The van der Waals surface area contributed by atoms with E-state index in [4.69, 9.17) is 9.90 Å². The first-order chi connectivity index (χ1) is 8.32. The van der Waals surface area contributed by atoms with E-state index < -0.39 is 36.5 Å². The molecule has 0 amide bonds. The summed E-state index contributed by atoms with van der Waals surface area (Å²) < 4.78 is 70.4. The molecule has 0 rings (SSSR count). The van der Waals surface area contributed by atoms with Gasteiger partial charge in [-0.2, -0.15) is 26.3 Å². The quantitative estimate of drug-likeness (QED) is 0.487. The third-order valence-corrected chi connectivity index (χ3v) is 1.17. The molecule has 0 heterocycles. The Morgan fingerprint density at radius 2 is 1.37 bits per heavy atom. The average molecular weight is 298 g/mol. The van der Waals surface area contributed by atoms with E-state index in [0.717, 1.165) is 0 Å². The van der Waals surface area contributed by atoms with Gasteiger partial charge >= 0.3 is 24.3 Å². The fourth-order valence-corrected chi connectivity index (χ4v) is 0.443. The standard InChI is InChI=1S/C6H7F3O3.C2HF3O2/c1-2-12-5(11)3-4(10)6(7,8)9;3-2(4,5)1(6)7/h2-3H2,1H3;(H,6,7). The van der Waals surface area contributed by atoms with Crippen molar-refractivity contribution >= 4 is 17.7 Å². The molecule has 0 aromatic rings. The number of alkyl halides is 6. The second-order valence-electron chi connectivity index (χ2n) is 2.71. The number of carbonyl (C=O) groups excluding carboxylic acids is 2. The highest BCUT2D eigenvalue weighted by Crippen LogP contribution is 2.17. The van der Waals surface area contributed by atoms with Gasteiger partial charge in [0.1, 0.15) is 6.42 Å². The summed E-state index contributed by atoms with van der Waals surface area (Å²) in [5.74, 6) is -5.99. The molecule has 0 saturated heterocycles. The van der Waals surface area contributed by atoms with Crippen LogP contribution in [0.5, 0.6) is 0 Å². The van der Waals surface area contributed by atoms with E-state index in [2.05, 4.69) is 4.74 Å². The van der Waals surface area contributed by atoms with Crippen molar-refractivity contribution in [2.24, 2.45) is 0 Å². The minimum Gasteiger partial charge on any atom is -0.475 e. The first-order valence-electron chi connectivity index (χ1n) is 4.38. The molecule has 0 aliphatic heterocycles. The molecule has 0 spiro atoms. The Kier molecular flexibility index (Phi) is 7.80. The van der Waals surface area contributed by atoms with Crippen LogP contribution in [0.3, 0.4) is 0 Å². The molecule has 112 valence electrons. The Balaban J connectivity index is 0. The van der Waals surface area contributed by atoms with E-state index in [-0.39, 0.29) is 6.61 Å². The number of hydrogen-bond acceptors (Lipinski definition) is 4. The molecule has 0 atom stereocenters. The summed E-state index contributed by atoms with van der Waals surface area (Å²) in [5.41, 5.74) is 0. The summed E-state index contributed by atoms with van der Waals surface area (Å²) >= 11 is 0. The van der Waals surface area contributed by atoms with Crippen molar-refractivity contribution in [3.63, 3.8) is 0 Å². The highest BCUT2D eigenvalue weighted by Gasteiger charge is 2.39. The van der Waals surface area contributed by atoms with Gasteiger partial charge in [0.05, 0.1) is 6.61 Å². The molecule has 0 aliphatic carbocycles. The van der Waals surface area contributed by atoms with E-state index in [1.807, 2.05) is 0 Å². The number of carboxylic acids is 1. The van der Waals surface area contributed by atoms with Gasteiger partial charge in [0, 0.05) is 0 Å². The summed E-state index contributed by atoms with van der Waals surface area (Å²) in [6, 6.07) is 0. The summed E-state index contributed by atoms with van der Waals surface area (Å²) in [5, 5.41) is 7.12. The molecular formula is C8H8F6O5. The number of aliphatic carboxylic acids is 1. The number of ether oxygens (including phenoxy) is 1. The Morgan fingerprint density at radius 3 is 1.58 bits per heavy atom. The zero-order chi connectivity index (χ0) is 15.9. The number of carbonyl (C=O) groups is 3. The summed E-state index contributed by atoms with van der Waals surface area (Å²) in [7, 11) is 0. The van der Waals surface area contributed by atoms with Gasteiger partial charge in [0.2, 0.25) is 5.78 Å². The van der Waals surface area contributed by atoms with Crippen molar-refractivity contribution in [1.82, 2.24) is 0 Å². The fraction of sp³-hybridized carbons (Fsp3) is 0.625. The predicted octanol–water partition coefficient (Wildman–Crippen LogP) is 1.70. The van der Waals surface area contributed by atoms with Crippen molar-refractivity contribution in [3.05, 3.63) is 0 Å². The number of hydrogen-bond donors (Lipinski definition) is 1. The zero-order valence-electron chi connectivity index (χ0n) is 9.26. The van der Waals surface area contributed by atoms with Gasteiger partial charge in [-0.15, -0.1) is 0 Å². The topological polar surface area (TPSA) is 80.7 Å². The van der Waals surface area contributed by atoms with E-state index >= 15 is 0 Å². The maximum Gasteiger partial charge on any atom is 0.490 e. The fourth-order valence-electron chi connectivity index (χ4n) is 0.443. The molecule has 0 radical (unpaired) electrons. The molecule has 0 aromatic heterocycles. The van der Waals surface area contributed by atoms with Crippen LogP contribution < -0.4 is 0 Å². The lowest BCUT2D eigenvalue weighted by Gasteiger charge is -2.03. The molecule has 0 bridgehead atoms. The SMILES string of the molecule is CCOC(=O)CC(=O)C(F)(F)F.O=C(O)C(F)(F)F. The molecule has 0 aromatic carbocycles. The van der Waals surface area contributed by atoms with Gasteiger partial charge in [-0.1, -0.05) is 0 Å². The summed E-state index contributed by atoms with van der Waals surface area (Å²) in [6.45, 7) is 1.40. The normalized spacial score (nSPS) is 11.1. The van der Waals surface area contributed by atoms with Crippen LogP contribution >= 0.6 is 0 Å². The van der Waals surface area contributed by atoms with Gasteiger partial charge in [-0.25, -0.2) is 4.79 Å². The second-order valence-corrected chi connectivity index (χ2v) is 2.71. The number of rotatable bonds is 3. The van der Waals surface area contributed by atoms with E-state index in [9.17, 15) is 35.9 Å². The molecule has 11 heteroatoms. The van der Waals surface area contributed by atoms with Crippen molar-refractivity contribution < 1.29 is 50.6 Å². The number of halogens is 6. The Labute approximate surface area is 102 Å². The van der Waals surface area contributed by atoms with E-state index in [1.165, 1.54) is 6.92 Å². The van der Waals surface area contributed by atoms with Gasteiger partial charge in [-0.3, -0.25) is 9.59 Å². The number of esters is 1. The molecule has 1 N–H and O–H groups in total. The molecular weight excluding hydrogens is 290 g/mol. The van der Waals surface area contributed by atoms with Crippen molar-refractivity contribution in [1.29, 1.82) is 0 Å². The summed E-state index contributed by atoms with van der Waals surface area (Å²) in [6.07, 6.45) is -11.3. The van der Waals surface area contributed by atoms with Gasteiger partial charge in [0.15, 0.2) is 0 Å². The van der Waals surface area contributed by atoms with Gasteiger partial charge in [0.25, 0.3) is 0 Å². The summed E-state index contributed by atoms with van der Waals surface area (Å²) in [4.78, 5) is 29.4. The smallest absolute Gasteiger partial charge is 0.475 e. The van der Waals surface area contributed by atoms with Crippen LogP contribution in [-0.4, -0.2) is 41.8 Å². The van der Waals surface area contributed by atoms with Crippen molar-refractivity contribution in [3.8, 4) is 0 Å². The van der Waals surface area contributed by atoms with E-state index in [1.54, 1.807) is 0 Å². The number of Topliss-reactive ketones (excluding diaryl/α,β-unsaturated/α-hetero) is 1. The Bertz CT molecular complexity index is 332. The lowest BCUT2D eigenvalue weighted by atomic mass is 10.3. The Morgan fingerprint density at radius 1 is 1.00 bits per heavy atom. The molecule has 0 unspecified atom stereocenters. The van der Waals surface area contributed by atoms with Crippen molar-refractivity contribution in [2.45, 2.75) is 25.7 Å². The maximum absolute atomic E-state index is 11.5. The monoisotopic (exact) mass is 298 g/mol. The van der Waals surface area contributed by atoms with Gasteiger partial charge < -0.3 is 9.84 Å². The van der Waals surface area contributed by atoms with Crippen LogP contribution in [-0.2, 0) is 19.1 Å². The van der Waals surface area contributed by atoms with Crippen LogP contribution in [0, 0.1) is 0 Å². The third-order valence-electron chi connectivity index (χ3n) is 1.17. The first kappa shape index (κ1) is 19.5. The number of ketones is 1. The van der Waals surface area contributed by atoms with Crippen LogP contribution in [0.25, 0.3) is 0 Å². The third kappa shape index (κ3) is 11.0. The van der Waals surface area contributed by atoms with Crippen LogP contribution in [0.15, 0.2) is 0 Å². The van der Waals surface area contributed by atoms with Crippen LogP contribution in [0.1, 0.15) is 13.3 Å². The maximum atomic E-state index is 11.5. The first-order valence-corrected chi connectivity index (χ1v) is 4.38. The van der Waals surface area contributed by atoms with Crippen LogP contribution in [0.4, 0.5) is 26.3 Å². The minimum absolute atomic E-state index is 0.0377. The van der Waals surface area contributed by atoms with Crippen LogP contribution in [0.2, 0.25) is 0 Å². The highest BCUT2D eigenvalue weighted by molar-refractivity contribution is 5.98. The molecule has 5 nitrogen and oxygen atoms in total. The van der Waals surface area contributed by atoms with Gasteiger partial charge in [-0.05, 0) is 6.92 Å². The largest absolute Gasteiger partial charge is 0.490 e. The van der Waals surface area contributed by atoms with E-state index in [0.29, 0.717) is 0 Å². The molecule has 0 fully saturated rings. The number of carboxylic acid groups (broad SMARTS) is 1. The Hall–Kier alpha value is -1.81. The lowest BCUT2D eigenvalue weighted by molar-refractivity contribution is -0.192. The highest BCUT2D eigenvalue weighted by atomic mass is 19.4. The lowest BCUT2D eigenvalue weighted by Crippen LogP contribution is -2.26. The average Bonchev–Trinajstić information content (AvgIpc) is 2.15. The molecule has 19 heavy (non-hydrogen) atoms. The molecule has 0 saturated carbocycles. The predicted molar refractivity (Wildman–Crippen MR) is 46.0 cm³/mol. The zero-order valence-corrected chi connectivity index (χ0v) is 9.26. The second kappa shape index (κ2) is 7.59. The minimum atomic E-state index is -5.08. The van der Waals surface area contributed by atoms with Crippen molar-refractivity contribution in [2.75, 3.05) is 6.61 Å².